The molecule has 4 nitrogen and oxygen atoms in total. The number of aliphatic hydroxyl groups is 1. The minimum absolute atomic E-state index is 0.240. The summed E-state index contributed by atoms with van der Waals surface area (Å²) in [6, 6.07) is 3.91. The van der Waals surface area contributed by atoms with Crippen LogP contribution >= 0.6 is 11.6 Å². The van der Waals surface area contributed by atoms with Gasteiger partial charge in [-0.1, -0.05) is 16.8 Å². The van der Waals surface area contributed by atoms with Crippen molar-refractivity contribution in [1.82, 2.24) is 15.0 Å². The number of hydrogen-bond acceptors (Lipinski definition) is 3. The van der Waals surface area contributed by atoms with Gasteiger partial charge in [0.1, 0.15) is 11.9 Å². The summed E-state index contributed by atoms with van der Waals surface area (Å²) in [7, 11) is 1.65. The van der Waals surface area contributed by atoms with E-state index in [9.17, 15) is 9.50 Å². The van der Waals surface area contributed by atoms with Crippen molar-refractivity contribution in [2.45, 2.75) is 6.10 Å². The first-order valence-electron chi connectivity index (χ1n) is 4.56. The van der Waals surface area contributed by atoms with E-state index in [0.717, 1.165) is 0 Å². The molecular formula is C10H9ClFN3O. The van der Waals surface area contributed by atoms with Gasteiger partial charge in [0.2, 0.25) is 0 Å². The summed E-state index contributed by atoms with van der Waals surface area (Å²) in [5.41, 5.74) is 0.845. The molecule has 0 amide bonds. The summed E-state index contributed by atoms with van der Waals surface area (Å²) in [6.07, 6.45) is 0.428. The first-order chi connectivity index (χ1) is 7.58. The Bertz CT molecular complexity index is 494. The summed E-state index contributed by atoms with van der Waals surface area (Å²) < 4.78 is 14.5. The quantitative estimate of drug-likeness (QED) is 0.871. The van der Waals surface area contributed by atoms with Gasteiger partial charge >= 0.3 is 0 Å². The van der Waals surface area contributed by atoms with Crippen LogP contribution in [0.5, 0.6) is 0 Å². The second-order valence-electron chi connectivity index (χ2n) is 3.39. The summed E-state index contributed by atoms with van der Waals surface area (Å²) in [4.78, 5) is 0. The van der Waals surface area contributed by atoms with E-state index in [1.807, 2.05) is 0 Å². The van der Waals surface area contributed by atoms with Gasteiger partial charge in [-0.05, 0) is 23.8 Å². The van der Waals surface area contributed by atoms with Gasteiger partial charge < -0.3 is 5.11 Å². The molecule has 0 aliphatic heterocycles. The van der Waals surface area contributed by atoms with E-state index in [1.165, 1.54) is 29.1 Å². The van der Waals surface area contributed by atoms with Crippen LogP contribution in [0.3, 0.4) is 0 Å². The van der Waals surface area contributed by atoms with Crippen LogP contribution in [0, 0.1) is 5.82 Å². The predicted octanol–water partition coefficient (Wildman–Crippen LogP) is 1.69. The van der Waals surface area contributed by atoms with Crippen LogP contribution in [0.2, 0.25) is 5.02 Å². The number of aromatic nitrogens is 3. The number of nitrogens with zero attached hydrogens (tertiary/aromatic N) is 3. The van der Waals surface area contributed by atoms with Crippen molar-refractivity contribution in [3.05, 3.63) is 46.5 Å². The molecule has 6 heteroatoms. The first-order valence-corrected chi connectivity index (χ1v) is 4.94. The maximum atomic E-state index is 13.1. The van der Waals surface area contributed by atoms with Crippen molar-refractivity contribution < 1.29 is 9.50 Å². The van der Waals surface area contributed by atoms with Crippen molar-refractivity contribution >= 4 is 11.6 Å². The standard InChI is InChI=1S/C10H9ClFN3O/c1-15-9(5-13-14-15)10(16)6-2-7(11)4-8(12)3-6/h2-5,10,16H,1H3. The number of hydrogen-bond donors (Lipinski definition) is 1. The molecule has 16 heavy (non-hydrogen) atoms. The van der Waals surface area contributed by atoms with Crippen molar-refractivity contribution in [3.63, 3.8) is 0 Å². The highest BCUT2D eigenvalue weighted by Crippen LogP contribution is 2.24. The number of halogens is 2. The van der Waals surface area contributed by atoms with Crippen LogP contribution in [0.1, 0.15) is 17.4 Å². The highest BCUT2D eigenvalue weighted by Gasteiger charge is 2.16. The molecule has 0 spiro atoms. The second kappa shape index (κ2) is 4.19. The van der Waals surface area contributed by atoms with E-state index >= 15 is 0 Å². The molecule has 0 saturated heterocycles. The van der Waals surface area contributed by atoms with Gasteiger partial charge in [-0.2, -0.15) is 0 Å². The fourth-order valence-electron chi connectivity index (χ4n) is 1.45. The molecule has 0 saturated carbocycles. The van der Waals surface area contributed by atoms with E-state index < -0.39 is 11.9 Å². The molecule has 1 N–H and O–H groups in total. The maximum absolute atomic E-state index is 13.1. The minimum atomic E-state index is -0.992. The summed E-state index contributed by atoms with van der Waals surface area (Å²) in [5.74, 6) is -0.489. The largest absolute Gasteiger partial charge is 0.382 e. The number of aryl methyl sites for hydroxylation is 1. The molecule has 0 aliphatic rings. The normalized spacial score (nSPS) is 12.8. The lowest BCUT2D eigenvalue weighted by molar-refractivity contribution is 0.209. The van der Waals surface area contributed by atoms with Gasteiger partial charge in [0.05, 0.1) is 11.9 Å². The summed E-state index contributed by atoms with van der Waals surface area (Å²) in [6.45, 7) is 0. The molecule has 1 atom stereocenters. The van der Waals surface area contributed by atoms with Crippen LogP contribution < -0.4 is 0 Å². The molecule has 84 valence electrons. The van der Waals surface area contributed by atoms with E-state index in [1.54, 1.807) is 7.05 Å². The highest BCUT2D eigenvalue weighted by atomic mass is 35.5. The van der Waals surface area contributed by atoms with Crippen molar-refractivity contribution in [2.75, 3.05) is 0 Å². The molecule has 1 heterocycles. The fraction of sp³-hybridized carbons (Fsp3) is 0.200. The molecule has 0 radical (unpaired) electrons. The monoisotopic (exact) mass is 241 g/mol. The zero-order valence-electron chi connectivity index (χ0n) is 8.43. The fourth-order valence-corrected chi connectivity index (χ4v) is 1.68. The zero-order chi connectivity index (χ0) is 11.7. The molecule has 1 unspecified atom stereocenters. The van der Waals surface area contributed by atoms with Gasteiger partial charge in [0.25, 0.3) is 0 Å². The molecule has 0 aliphatic carbocycles. The lowest BCUT2D eigenvalue weighted by Gasteiger charge is -2.10. The smallest absolute Gasteiger partial charge is 0.125 e. The molecule has 0 fully saturated rings. The van der Waals surface area contributed by atoms with E-state index in [-0.39, 0.29) is 5.02 Å². The Hall–Kier alpha value is -1.46. The van der Waals surface area contributed by atoms with Crippen LogP contribution in [0.25, 0.3) is 0 Å². The van der Waals surface area contributed by atoms with E-state index in [2.05, 4.69) is 10.3 Å². The average Bonchev–Trinajstić information content (AvgIpc) is 2.62. The molecule has 1 aromatic heterocycles. The van der Waals surface area contributed by atoms with Crippen LogP contribution in [-0.4, -0.2) is 20.1 Å². The van der Waals surface area contributed by atoms with Gasteiger partial charge in [0, 0.05) is 12.1 Å². The van der Waals surface area contributed by atoms with Gasteiger partial charge in [-0.15, -0.1) is 5.10 Å². The Morgan fingerprint density at radius 2 is 2.19 bits per heavy atom. The Kier molecular flexibility index (Phi) is 2.89. The van der Waals surface area contributed by atoms with E-state index in [4.69, 9.17) is 11.6 Å². The Morgan fingerprint density at radius 1 is 1.44 bits per heavy atom. The SMILES string of the molecule is Cn1nncc1C(O)c1cc(F)cc(Cl)c1. The molecule has 1 aromatic carbocycles. The molecule has 2 aromatic rings. The highest BCUT2D eigenvalue weighted by molar-refractivity contribution is 6.30. The van der Waals surface area contributed by atoms with Crippen molar-refractivity contribution in [1.29, 1.82) is 0 Å². The third-order valence-corrected chi connectivity index (χ3v) is 2.45. The summed E-state index contributed by atoms with van der Waals surface area (Å²) >= 11 is 5.71. The lowest BCUT2D eigenvalue weighted by Crippen LogP contribution is -2.06. The predicted molar refractivity (Wildman–Crippen MR) is 56.5 cm³/mol. The first kappa shape index (κ1) is 11.0. The lowest BCUT2D eigenvalue weighted by atomic mass is 10.1. The third-order valence-electron chi connectivity index (χ3n) is 2.23. The van der Waals surface area contributed by atoms with Gasteiger partial charge in [0.15, 0.2) is 0 Å². The van der Waals surface area contributed by atoms with Gasteiger partial charge in [-0.3, -0.25) is 0 Å². The van der Waals surface area contributed by atoms with Crippen molar-refractivity contribution in [3.8, 4) is 0 Å². The van der Waals surface area contributed by atoms with E-state index in [0.29, 0.717) is 11.3 Å². The number of benzene rings is 1. The third kappa shape index (κ3) is 2.05. The number of rotatable bonds is 2. The molecular weight excluding hydrogens is 233 g/mol. The minimum Gasteiger partial charge on any atom is -0.382 e. The number of aliphatic hydroxyl groups excluding tert-OH is 1. The second-order valence-corrected chi connectivity index (χ2v) is 3.82. The van der Waals surface area contributed by atoms with Crippen LogP contribution in [0.15, 0.2) is 24.4 Å². The average molecular weight is 242 g/mol. The van der Waals surface area contributed by atoms with Crippen LogP contribution in [-0.2, 0) is 7.05 Å². The van der Waals surface area contributed by atoms with Gasteiger partial charge in [-0.25, -0.2) is 9.07 Å². The molecule has 2 rings (SSSR count). The zero-order valence-corrected chi connectivity index (χ0v) is 9.19. The maximum Gasteiger partial charge on any atom is 0.125 e. The van der Waals surface area contributed by atoms with Crippen molar-refractivity contribution in [2.24, 2.45) is 7.05 Å². The molecule has 0 bridgehead atoms. The topological polar surface area (TPSA) is 50.9 Å². The Balaban J connectivity index is 2.41. The van der Waals surface area contributed by atoms with Crippen LogP contribution in [0.4, 0.5) is 4.39 Å². The Labute approximate surface area is 96.3 Å². The summed E-state index contributed by atoms with van der Waals surface area (Å²) in [5, 5.41) is 17.6. The Morgan fingerprint density at radius 3 is 2.75 bits per heavy atom.